The van der Waals surface area contributed by atoms with Crippen LogP contribution >= 0.6 is 11.8 Å². The number of thioether (sulfide) groups is 1. The molecule has 0 bridgehead atoms. The molecule has 0 spiro atoms. The van der Waals surface area contributed by atoms with Crippen LogP contribution in [0, 0.1) is 0 Å². The highest BCUT2D eigenvalue weighted by Crippen LogP contribution is 2.25. The summed E-state index contributed by atoms with van der Waals surface area (Å²) in [4.78, 5) is 0. The van der Waals surface area contributed by atoms with Gasteiger partial charge in [-0.25, -0.2) is 0 Å². The Morgan fingerprint density at radius 1 is 1.21 bits per heavy atom. The zero-order valence-corrected chi connectivity index (χ0v) is 11.4. The maximum absolute atomic E-state index is 10.1. The van der Waals surface area contributed by atoms with E-state index in [1.54, 1.807) is 11.8 Å². The third kappa shape index (κ3) is 2.22. The van der Waals surface area contributed by atoms with Crippen molar-refractivity contribution >= 4 is 23.9 Å². The summed E-state index contributed by atoms with van der Waals surface area (Å²) >= 11 is 1.73. The summed E-state index contributed by atoms with van der Waals surface area (Å²) in [5.74, 6) is -0.0150. The van der Waals surface area contributed by atoms with Crippen molar-refractivity contribution in [2.75, 3.05) is 6.26 Å². The zero-order chi connectivity index (χ0) is 13.2. The normalized spacial score (nSPS) is 17.2. The zero-order valence-electron chi connectivity index (χ0n) is 10.5. The standard InChI is InChI=1S/C16H14O2S/c1-19-12-8-5-9-13-14(10-12)18-16(17)15(13)11-6-3-2-4-7-11/h2-10,12,17H,1H3. The van der Waals surface area contributed by atoms with Crippen LogP contribution < -0.4 is 10.6 Å². The fourth-order valence-corrected chi connectivity index (χ4v) is 2.74. The monoisotopic (exact) mass is 270 g/mol. The number of benzene rings is 1. The maximum Gasteiger partial charge on any atom is 0.291 e. The Balaban J connectivity index is 2.28. The van der Waals surface area contributed by atoms with Crippen molar-refractivity contribution in [1.82, 2.24) is 0 Å². The van der Waals surface area contributed by atoms with Crippen LogP contribution in [-0.4, -0.2) is 16.6 Å². The highest BCUT2D eigenvalue weighted by molar-refractivity contribution is 7.99. The molecular formula is C16H14O2S. The molecule has 1 N–H and O–H groups in total. The predicted molar refractivity (Wildman–Crippen MR) is 80.4 cm³/mol. The van der Waals surface area contributed by atoms with Gasteiger partial charge >= 0.3 is 0 Å². The largest absolute Gasteiger partial charge is 0.480 e. The first kappa shape index (κ1) is 12.2. The molecule has 1 unspecified atom stereocenters. The van der Waals surface area contributed by atoms with E-state index in [1.165, 1.54) is 0 Å². The van der Waals surface area contributed by atoms with Crippen LogP contribution in [0.4, 0.5) is 0 Å². The molecule has 1 heterocycles. The predicted octanol–water partition coefficient (Wildman–Crippen LogP) is 2.51. The van der Waals surface area contributed by atoms with Crippen molar-refractivity contribution in [2.24, 2.45) is 0 Å². The second-order valence-corrected chi connectivity index (χ2v) is 5.36. The molecule has 96 valence electrons. The van der Waals surface area contributed by atoms with Gasteiger partial charge in [0.1, 0.15) is 5.42 Å². The number of furan rings is 1. The summed E-state index contributed by atoms with van der Waals surface area (Å²) in [7, 11) is 0. The Morgan fingerprint density at radius 2 is 2.00 bits per heavy atom. The Labute approximate surface area is 115 Å². The van der Waals surface area contributed by atoms with E-state index in [-0.39, 0.29) is 11.2 Å². The molecule has 19 heavy (non-hydrogen) atoms. The van der Waals surface area contributed by atoms with E-state index in [9.17, 15) is 5.11 Å². The van der Waals surface area contributed by atoms with Crippen LogP contribution in [0.25, 0.3) is 23.3 Å². The lowest BCUT2D eigenvalue weighted by Crippen LogP contribution is -2.21. The van der Waals surface area contributed by atoms with Crippen molar-refractivity contribution in [1.29, 1.82) is 0 Å². The van der Waals surface area contributed by atoms with Gasteiger partial charge in [-0.2, -0.15) is 11.8 Å². The van der Waals surface area contributed by atoms with Gasteiger partial charge in [0, 0.05) is 10.5 Å². The fourth-order valence-electron chi connectivity index (χ4n) is 2.23. The van der Waals surface area contributed by atoms with Gasteiger partial charge in [-0.15, -0.1) is 0 Å². The summed E-state index contributed by atoms with van der Waals surface area (Å²) in [6.07, 6.45) is 10.2. The molecule has 1 aromatic carbocycles. The average molecular weight is 270 g/mol. The lowest BCUT2D eigenvalue weighted by molar-refractivity contribution is 0.323. The van der Waals surface area contributed by atoms with Gasteiger partial charge in [0.2, 0.25) is 0 Å². The molecule has 0 aliphatic heterocycles. The second kappa shape index (κ2) is 5.02. The van der Waals surface area contributed by atoms with E-state index in [4.69, 9.17) is 4.42 Å². The summed E-state index contributed by atoms with van der Waals surface area (Å²) in [6.45, 7) is 0. The number of hydrogen-bond acceptors (Lipinski definition) is 3. The molecule has 1 atom stereocenters. The molecule has 0 fully saturated rings. The number of rotatable bonds is 2. The molecule has 2 nitrogen and oxygen atoms in total. The highest BCUT2D eigenvalue weighted by Gasteiger charge is 2.14. The molecule has 1 aliphatic carbocycles. The summed E-state index contributed by atoms with van der Waals surface area (Å²) < 4.78 is 5.52. The minimum atomic E-state index is -0.0150. The van der Waals surface area contributed by atoms with Crippen LogP contribution in [0.15, 0.2) is 46.9 Å². The van der Waals surface area contributed by atoms with Crippen molar-refractivity contribution in [2.45, 2.75) is 5.25 Å². The summed E-state index contributed by atoms with van der Waals surface area (Å²) in [6, 6.07) is 9.81. The average Bonchev–Trinajstić information content (AvgIpc) is 2.61. The molecule has 1 aliphatic rings. The smallest absolute Gasteiger partial charge is 0.291 e. The second-order valence-electron chi connectivity index (χ2n) is 4.34. The first-order chi connectivity index (χ1) is 9.29. The van der Waals surface area contributed by atoms with E-state index in [2.05, 4.69) is 12.3 Å². The Hall–Kier alpha value is -1.87. The lowest BCUT2D eigenvalue weighted by atomic mass is 10.1. The van der Waals surface area contributed by atoms with E-state index in [0.29, 0.717) is 0 Å². The molecule has 0 saturated carbocycles. The summed E-state index contributed by atoms with van der Waals surface area (Å²) in [5, 5.41) is 11.3. The Bertz CT molecular complexity index is 726. The molecule has 0 amide bonds. The molecule has 2 aromatic rings. The Kier molecular flexibility index (Phi) is 3.22. The molecule has 0 radical (unpaired) electrons. The molecule has 3 rings (SSSR count). The van der Waals surface area contributed by atoms with E-state index in [1.807, 2.05) is 48.6 Å². The van der Waals surface area contributed by atoms with Crippen LogP contribution in [0.3, 0.4) is 0 Å². The minimum Gasteiger partial charge on any atom is -0.480 e. The van der Waals surface area contributed by atoms with E-state index in [0.717, 1.165) is 21.8 Å². The number of allylic oxidation sites excluding steroid dienone is 1. The fraction of sp³-hybridized carbons (Fsp3) is 0.125. The number of hydrogen-bond donors (Lipinski definition) is 1. The van der Waals surface area contributed by atoms with Crippen molar-refractivity contribution in [3.63, 3.8) is 0 Å². The quantitative estimate of drug-likeness (QED) is 0.910. The van der Waals surface area contributed by atoms with Gasteiger partial charge in [0.15, 0.2) is 0 Å². The molecule has 1 aromatic heterocycles. The third-order valence-electron chi connectivity index (χ3n) is 3.17. The first-order valence-corrected chi connectivity index (χ1v) is 7.39. The van der Waals surface area contributed by atoms with E-state index >= 15 is 0 Å². The van der Waals surface area contributed by atoms with Gasteiger partial charge in [0.05, 0.1) is 5.56 Å². The van der Waals surface area contributed by atoms with Crippen molar-refractivity contribution < 1.29 is 9.52 Å². The van der Waals surface area contributed by atoms with Gasteiger partial charge in [-0.3, -0.25) is 0 Å². The number of aromatic hydroxyl groups is 1. The first-order valence-electron chi connectivity index (χ1n) is 6.10. The van der Waals surface area contributed by atoms with Gasteiger partial charge in [0.25, 0.3) is 5.95 Å². The molecule has 3 heteroatoms. The van der Waals surface area contributed by atoms with Gasteiger partial charge in [-0.1, -0.05) is 48.6 Å². The van der Waals surface area contributed by atoms with E-state index < -0.39 is 0 Å². The molecular weight excluding hydrogens is 256 g/mol. The van der Waals surface area contributed by atoms with Crippen LogP contribution in [0.1, 0.15) is 0 Å². The third-order valence-corrected chi connectivity index (χ3v) is 4.01. The van der Waals surface area contributed by atoms with Gasteiger partial charge < -0.3 is 9.52 Å². The van der Waals surface area contributed by atoms with Crippen LogP contribution in [0.5, 0.6) is 5.95 Å². The SMILES string of the molecule is CSC1C=CC=c2c(-c3ccccc3)c(O)oc2=C1. The minimum absolute atomic E-state index is 0.0150. The topological polar surface area (TPSA) is 33.4 Å². The molecule has 0 saturated heterocycles. The van der Waals surface area contributed by atoms with Crippen molar-refractivity contribution in [3.8, 4) is 17.1 Å². The van der Waals surface area contributed by atoms with Crippen molar-refractivity contribution in [3.05, 3.63) is 53.1 Å². The number of fused-ring (bicyclic) bond motifs is 1. The lowest BCUT2D eigenvalue weighted by Gasteiger charge is -1.98. The van der Waals surface area contributed by atoms with Crippen LogP contribution in [0.2, 0.25) is 0 Å². The van der Waals surface area contributed by atoms with Crippen LogP contribution in [-0.2, 0) is 0 Å². The van der Waals surface area contributed by atoms with Gasteiger partial charge in [-0.05, 0) is 17.9 Å². The highest BCUT2D eigenvalue weighted by atomic mass is 32.2. The Morgan fingerprint density at radius 3 is 2.74 bits per heavy atom. The maximum atomic E-state index is 10.1. The summed E-state index contributed by atoms with van der Waals surface area (Å²) in [5.41, 5.74) is 2.46.